The van der Waals surface area contributed by atoms with Crippen LogP contribution in [-0.2, 0) is 9.59 Å². The molecule has 2 rings (SSSR count). The molecule has 0 aromatic heterocycles. The van der Waals surface area contributed by atoms with Gasteiger partial charge in [-0.1, -0.05) is 19.3 Å². The predicted molar refractivity (Wildman–Crippen MR) is 64.9 cm³/mol. The van der Waals surface area contributed by atoms with E-state index >= 15 is 0 Å². The topological polar surface area (TPSA) is 37.4 Å². The van der Waals surface area contributed by atoms with Gasteiger partial charge in [0, 0.05) is 19.3 Å². The van der Waals surface area contributed by atoms with E-state index in [4.69, 9.17) is 6.42 Å². The molecular weight excluding hydrogens is 214 g/mol. The molecular formula is C14H19NO2. The van der Waals surface area contributed by atoms with Gasteiger partial charge in [-0.05, 0) is 18.8 Å². The number of terminal acetylenes is 1. The van der Waals surface area contributed by atoms with Crippen molar-refractivity contribution in [3.63, 3.8) is 0 Å². The number of carbonyl (C=O) groups excluding carboxylic acids is 2. The molecule has 92 valence electrons. The molecule has 0 aromatic carbocycles. The van der Waals surface area contributed by atoms with E-state index in [2.05, 4.69) is 5.92 Å². The number of hydrogen-bond donors (Lipinski definition) is 0. The van der Waals surface area contributed by atoms with Crippen molar-refractivity contribution in [1.29, 1.82) is 0 Å². The first-order valence-corrected chi connectivity index (χ1v) is 6.52. The van der Waals surface area contributed by atoms with E-state index in [0.717, 1.165) is 12.8 Å². The summed E-state index contributed by atoms with van der Waals surface area (Å²) >= 11 is 0. The number of nitrogens with zero attached hydrogens (tertiary/aromatic N) is 1. The molecule has 0 spiro atoms. The fraction of sp³-hybridized carbons (Fsp3) is 0.714. The van der Waals surface area contributed by atoms with Gasteiger partial charge in [0.1, 0.15) is 0 Å². The smallest absolute Gasteiger partial charge is 0.229 e. The lowest BCUT2D eigenvalue weighted by atomic mass is 9.82. The summed E-state index contributed by atoms with van der Waals surface area (Å²) < 4.78 is 0. The lowest BCUT2D eigenvalue weighted by Crippen LogP contribution is -2.44. The second-order valence-electron chi connectivity index (χ2n) is 5.03. The van der Waals surface area contributed by atoms with Crippen LogP contribution in [0.4, 0.5) is 0 Å². The van der Waals surface area contributed by atoms with E-state index < -0.39 is 0 Å². The van der Waals surface area contributed by atoms with Crippen LogP contribution in [0.15, 0.2) is 0 Å². The maximum atomic E-state index is 11.8. The summed E-state index contributed by atoms with van der Waals surface area (Å²) in [6.07, 6.45) is 12.5. The van der Waals surface area contributed by atoms with Crippen molar-refractivity contribution in [1.82, 2.24) is 4.90 Å². The molecule has 2 aliphatic rings. The minimum Gasteiger partial charge on any atom is -0.278 e. The van der Waals surface area contributed by atoms with Gasteiger partial charge >= 0.3 is 0 Å². The Bertz CT molecular complexity index is 334. The number of rotatable bonds is 3. The second-order valence-corrected chi connectivity index (χ2v) is 5.03. The molecule has 1 aliphatic carbocycles. The monoisotopic (exact) mass is 233 g/mol. The van der Waals surface area contributed by atoms with Crippen LogP contribution in [0, 0.1) is 18.3 Å². The maximum Gasteiger partial charge on any atom is 0.229 e. The third-order valence-corrected chi connectivity index (χ3v) is 3.94. The molecule has 1 aliphatic heterocycles. The van der Waals surface area contributed by atoms with Crippen molar-refractivity contribution in [3.05, 3.63) is 0 Å². The van der Waals surface area contributed by atoms with Crippen LogP contribution in [0.25, 0.3) is 0 Å². The van der Waals surface area contributed by atoms with Crippen LogP contribution in [0.2, 0.25) is 0 Å². The summed E-state index contributed by atoms with van der Waals surface area (Å²) in [4.78, 5) is 25.0. The zero-order chi connectivity index (χ0) is 12.3. The SMILES string of the molecule is C#CCC(C1CCCCC1)N1C(=O)CCC1=O. The minimum atomic E-state index is -0.0391. The molecule has 1 saturated carbocycles. The maximum absolute atomic E-state index is 11.8. The molecule has 1 atom stereocenters. The Morgan fingerprint density at radius 3 is 2.29 bits per heavy atom. The van der Waals surface area contributed by atoms with Crippen molar-refractivity contribution in [2.45, 2.75) is 57.4 Å². The van der Waals surface area contributed by atoms with Crippen molar-refractivity contribution >= 4 is 11.8 Å². The van der Waals surface area contributed by atoms with Gasteiger partial charge in [-0.15, -0.1) is 12.3 Å². The van der Waals surface area contributed by atoms with Gasteiger partial charge in [0.05, 0.1) is 6.04 Å². The van der Waals surface area contributed by atoms with Crippen LogP contribution < -0.4 is 0 Å². The molecule has 1 unspecified atom stereocenters. The van der Waals surface area contributed by atoms with Crippen LogP contribution in [0.5, 0.6) is 0 Å². The molecule has 0 bridgehead atoms. The molecule has 0 N–H and O–H groups in total. The van der Waals surface area contributed by atoms with Gasteiger partial charge < -0.3 is 0 Å². The number of likely N-dealkylation sites (tertiary alicyclic amines) is 1. The average Bonchev–Trinajstić information content (AvgIpc) is 2.68. The highest BCUT2D eigenvalue weighted by Gasteiger charge is 2.38. The van der Waals surface area contributed by atoms with Crippen LogP contribution in [0.1, 0.15) is 51.4 Å². The summed E-state index contributed by atoms with van der Waals surface area (Å²) in [7, 11) is 0. The third kappa shape index (κ3) is 2.52. The first-order valence-electron chi connectivity index (χ1n) is 6.52. The summed E-state index contributed by atoms with van der Waals surface area (Å²) in [6, 6.07) is -0.0391. The summed E-state index contributed by atoms with van der Waals surface area (Å²) in [5, 5.41) is 0. The van der Waals surface area contributed by atoms with Gasteiger partial charge in [0.2, 0.25) is 11.8 Å². The quantitative estimate of drug-likeness (QED) is 0.553. The highest BCUT2D eigenvalue weighted by Crippen LogP contribution is 2.32. The van der Waals surface area contributed by atoms with Gasteiger partial charge in [0.15, 0.2) is 0 Å². The number of amides is 2. The van der Waals surface area contributed by atoms with Crippen molar-refractivity contribution < 1.29 is 9.59 Å². The third-order valence-electron chi connectivity index (χ3n) is 3.94. The van der Waals surface area contributed by atoms with Crippen LogP contribution in [0.3, 0.4) is 0 Å². The number of carbonyl (C=O) groups is 2. The molecule has 3 nitrogen and oxygen atoms in total. The van der Waals surface area contributed by atoms with E-state index in [1.54, 1.807) is 0 Å². The normalized spacial score (nSPS) is 23.8. The largest absolute Gasteiger partial charge is 0.278 e. The molecule has 2 fully saturated rings. The predicted octanol–water partition coefficient (Wildman–Crippen LogP) is 2.11. The zero-order valence-electron chi connectivity index (χ0n) is 10.2. The molecule has 3 heteroatoms. The fourth-order valence-corrected chi connectivity index (χ4v) is 3.07. The van der Waals surface area contributed by atoms with E-state index in [0.29, 0.717) is 25.2 Å². The standard InChI is InChI=1S/C14H19NO2/c1-2-6-12(11-7-4-3-5-8-11)15-13(16)9-10-14(15)17/h1,11-12H,3-10H2. The van der Waals surface area contributed by atoms with Crippen LogP contribution in [-0.4, -0.2) is 22.8 Å². The Balaban J connectivity index is 2.13. The Morgan fingerprint density at radius 1 is 1.18 bits per heavy atom. The summed E-state index contributed by atoms with van der Waals surface area (Å²) in [5.74, 6) is 3.00. The van der Waals surface area contributed by atoms with Crippen molar-refractivity contribution in [2.75, 3.05) is 0 Å². The highest BCUT2D eigenvalue weighted by molar-refractivity contribution is 6.02. The Kier molecular flexibility index (Phi) is 3.83. The second kappa shape index (κ2) is 5.35. The zero-order valence-corrected chi connectivity index (χ0v) is 10.2. The summed E-state index contributed by atoms with van der Waals surface area (Å²) in [6.45, 7) is 0. The van der Waals surface area contributed by atoms with E-state index in [1.165, 1.54) is 24.2 Å². The van der Waals surface area contributed by atoms with Crippen molar-refractivity contribution in [2.24, 2.45) is 5.92 Å². The molecule has 1 saturated heterocycles. The Morgan fingerprint density at radius 2 is 1.76 bits per heavy atom. The molecule has 1 heterocycles. The molecule has 0 radical (unpaired) electrons. The lowest BCUT2D eigenvalue weighted by molar-refractivity contribution is -0.142. The van der Waals surface area contributed by atoms with Gasteiger partial charge in [-0.25, -0.2) is 0 Å². The fourth-order valence-electron chi connectivity index (χ4n) is 3.07. The summed E-state index contributed by atoms with van der Waals surface area (Å²) in [5.41, 5.74) is 0. The first kappa shape index (κ1) is 12.2. The first-order chi connectivity index (χ1) is 8.24. The lowest BCUT2D eigenvalue weighted by Gasteiger charge is -2.34. The molecule has 17 heavy (non-hydrogen) atoms. The molecule has 2 amide bonds. The number of hydrogen-bond acceptors (Lipinski definition) is 2. The average molecular weight is 233 g/mol. The van der Waals surface area contributed by atoms with Crippen LogP contribution >= 0.6 is 0 Å². The Labute approximate surface area is 103 Å². The van der Waals surface area contributed by atoms with Gasteiger partial charge in [-0.3, -0.25) is 14.5 Å². The van der Waals surface area contributed by atoms with Crippen molar-refractivity contribution in [3.8, 4) is 12.3 Å². The Hall–Kier alpha value is -1.30. The number of imide groups is 1. The minimum absolute atomic E-state index is 0.0270. The van der Waals surface area contributed by atoms with E-state index in [1.807, 2.05) is 0 Å². The van der Waals surface area contributed by atoms with E-state index in [9.17, 15) is 9.59 Å². The van der Waals surface area contributed by atoms with Gasteiger partial charge in [-0.2, -0.15) is 0 Å². The molecule has 0 aromatic rings. The highest BCUT2D eigenvalue weighted by atomic mass is 16.2. The van der Waals surface area contributed by atoms with Gasteiger partial charge in [0.25, 0.3) is 0 Å². The van der Waals surface area contributed by atoms with E-state index in [-0.39, 0.29) is 17.9 Å².